The number of nitro groups is 1. The van der Waals surface area contributed by atoms with E-state index >= 15 is 0 Å². The summed E-state index contributed by atoms with van der Waals surface area (Å²) in [5.74, 6) is -0.690. The van der Waals surface area contributed by atoms with Gasteiger partial charge in [0.15, 0.2) is 0 Å². The van der Waals surface area contributed by atoms with E-state index in [2.05, 4.69) is 43.6 Å². The van der Waals surface area contributed by atoms with Crippen molar-refractivity contribution in [3.63, 3.8) is 0 Å². The van der Waals surface area contributed by atoms with Gasteiger partial charge in [-0.05, 0) is 46.6 Å². The number of nitrogens with zero attached hydrogens (tertiary/aromatic N) is 2. The first-order valence-electron chi connectivity index (χ1n) is 8.83. The van der Waals surface area contributed by atoms with E-state index in [-0.39, 0.29) is 39.1 Å². The van der Waals surface area contributed by atoms with Gasteiger partial charge in [-0.2, -0.15) is 5.26 Å². The minimum Gasteiger partial charge on any atom is -0.387 e. The fraction of sp³-hybridized carbons (Fsp3) is 0.474. The summed E-state index contributed by atoms with van der Waals surface area (Å²) in [6, 6.07) is 5.65. The molecule has 1 aliphatic heterocycles. The lowest BCUT2D eigenvalue weighted by molar-refractivity contribution is -0.384. The monoisotopic (exact) mass is 405 g/mol. The fourth-order valence-electron chi connectivity index (χ4n) is 3.70. The number of hydrogen-bond donors (Lipinski definition) is 3. The molecule has 0 saturated carbocycles. The number of carbonyl (C=O) groups excluding carboxylic acids is 1. The lowest BCUT2D eigenvalue weighted by Crippen LogP contribution is -2.61. The number of carbonyl (C=O) groups is 1. The van der Waals surface area contributed by atoms with Gasteiger partial charge in [-0.25, -0.2) is 0 Å². The molecule has 1 aromatic carbocycles. The summed E-state index contributed by atoms with van der Waals surface area (Å²) < 4.78 is 0. The smallest absolute Gasteiger partial charge is 0.271 e. The summed E-state index contributed by atoms with van der Waals surface area (Å²) in [4.78, 5) is 22.7. The number of amides is 1. The van der Waals surface area contributed by atoms with Crippen LogP contribution in [0, 0.1) is 21.4 Å². The molecular weight excluding hydrogens is 382 g/mol. The molecule has 9 heteroatoms. The van der Waals surface area contributed by atoms with Crippen molar-refractivity contribution in [1.82, 2.24) is 10.6 Å². The molecule has 2 rings (SSSR count). The van der Waals surface area contributed by atoms with Crippen LogP contribution in [0.2, 0.25) is 5.02 Å². The van der Waals surface area contributed by atoms with Crippen LogP contribution in [-0.2, 0) is 4.79 Å². The van der Waals surface area contributed by atoms with Crippen molar-refractivity contribution in [2.24, 2.45) is 0 Å². The Labute approximate surface area is 169 Å². The molecule has 8 nitrogen and oxygen atoms in total. The lowest BCUT2D eigenvalue weighted by atomic mass is 9.80. The Balaban J connectivity index is 2.13. The van der Waals surface area contributed by atoms with Crippen LogP contribution in [0.3, 0.4) is 0 Å². The van der Waals surface area contributed by atoms with E-state index in [4.69, 9.17) is 11.6 Å². The van der Waals surface area contributed by atoms with Crippen LogP contribution in [-0.4, -0.2) is 28.0 Å². The van der Waals surface area contributed by atoms with Crippen molar-refractivity contribution in [2.45, 2.75) is 57.7 Å². The predicted molar refractivity (Wildman–Crippen MR) is 108 cm³/mol. The highest BCUT2D eigenvalue weighted by molar-refractivity contribution is 6.34. The zero-order chi connectivity index (χ0) is 21.1. The predicted octanol–water partition coefficient (Wildman–Crippen LogP) is 3.49. The van der Waals surface area contributed by atoms with Crippen molar-refractivity contribution >= 4 is 28.9 Å². The normalized spacial score (nSPS) is 18.8. The third-order valence-electron chi connectivity index (χ3n) is 4.43. The van der Waals surface area contributed by atoms with Crippen molar-refractivity contribution in [3.05, 3.63) is 45.1 Å². The van der Waals surface area contributed by atoms with Crippen LogP contribution in [0.1, 0.15) is 40.5 Å². The van der Waals surface area contributed by atoms with Crippen LogP contribution in [0.4, 0.5) is 11.4 Å². The number of nitrogens with one attached hydrogen (secondary N) is 3. The zero-order valence-electron chi connectivity index (χ0n) is 16.3. The van der Waals surface area contributed by atoms with Crippen molar-refractivity contribution in [3.8, 4) is 6.07 Å². The van der Waals surface area contributed by atoms with E-state index in [9.17, 15) is 20.2 Å². The SMILES string of the molecule is CC1(C)CC(N/C=C(/C#N)C(=O)Nc2cc([N+](=O)[O-])ccc2Cl)CC(C)(C)N1. The Kier molecular flexibility index (Phi) is 6.32. The third-order valence-corrected chi connectivity index (χ3v) is 4.76. The molecule has 1 saturated heterocycles. The molecule has 3 N–H and O–H groups in total. The Bertz CT molecular complexity index is 842. The number of non-ortho nitro benzene ring substituents is 1. The zero-order valence-corrected chi connectivity index (χ0v) is 17.1. The number of benzene rings is 1. The maximum atomic E-state index is 12.4. The number of anilines is 1. The lowest BCUT2D eigenvalue weighted by Gasteiger charge is -2.46. The van der Waals surface area contributed by atoms with E-state index in [1.807, 2.05) is 6.07 Å². The van der Waals surface area contributed by atoms with Gasteiger partial charge < -0.3 is 16.0 Å². The number of piperidine rings is 1. The molecule has 0 atom stereocenters. The summed E-state index contributed by atoms with van der Waals surface area (Å²) in [6.07, 6.45) is 3.04. The fourth-order valence-corrected chi connectivity index (χ4v) is 3.87. The van der Waals surface area contributed by atoms with Gasteiger partial charge in [0.25, 0.3) is 11.6 Å². The van der Waals surface area contributed by atoms with E-state index in [0.29, 0.717) is 0 Å². The minimum atomic E-state index is -0.690. The largest absolute Gasteiger partial charge is 0.387 e. The quantitative estimate of drug-likeness (QED) is 0.298. The van der Waals surface area contributed by atoms with Gasteiger partial charge in [0.05, 0.1) is 15.6 Å². The Morgan fingerprint density at radius 1 is 1.36 bits per heavy atom. The molecule has 0 bridgehead atoms. The van der Waals surface area contributed by atoms with Gasteiger partial charge in [-0.1, -0.05) is 11.6 Å². The molecule has 1 aromatic rings. The van der Waals surface area contributed by atoms with Gasteiger partial charge in [0, 0.05) is 35.5 Å². The average Bonchev–Trinajstić information content (AvgIpc) is 2.54. The second-order valence-corrected chi connectivity index (χ2v) is 8.62. The van der Waals surface area contributed by atoms with Crippen LogP contribution in [0.15, 0.2) is 30.0 Å². The van der Waals surface area contributed by atoms with Gasteiger partial charge in [-0.3, -0.25) is 14.9 Å². The molecule has 0 aromatic heterocycles. The number of nitro benzene ring substituents is 1. The molecule has 0 unspecified atom stereocenters. The molecule has 1 aliphatic rings. The molecule has 1 amide bonds. The molecule has 0 aliphatic carbocycles. The van der Waals surface area contributed by atoms with Crippen LogP contribution in [0.5, 0.6) is 0 Å². The topological polar surface area (TPSA) is 120 Å². The van der Waals surface area contributed by atoms with Crippen molar-refractivity contribution < 1.29 is 9.72 Å². The van der Waals surface area contributed by atoms with Crippen LogP contribution in [0.25, 0.3) is 0 Å². The average molecular weight is 406 g/mol. The first kappa shape index (κ1) is 21.7. The second-order valence-electron chi connectivity index (χ2n) is 8.21. The first-order chi connectivity index (χ1) is 12.9. The van der Waals surface area contributed by atoms with E-state index < -0.39 is 10.8 Å². The molecule has 0 spiro atoms. The van der Waals surface area contributed by atoms with Crippen LogP contribution < -0.4 is 16.0 Å². The number of nitriles is 1. The highest BCUT2D eigenvalue weighted by Crippen LogP contribution is 2.29. The standard InChI is InChI=1S/C19H24ClN5O3/c1-18(2)8-13(9-19(3,4)24-18)22-11-12(10-21)17(26)23-16-7-14(25(27)28)5-6-15(16)20/h5-7,11,13,22,24H,8-9H2,1-4H3,(H,23,26)/b12-11-. The maximum Gasteiger partial charge on any atom is 0.271 e. The Morgan fingerprint density at radius 3 is 2.50 bits per heavy atom. The van der Waals surface area contributed by atoms with E-state index in [0.717, 1.165) is 18.9 Å². The number of rotatable bonds is 5. The Hall–Kier alpha value is -2.63. The molecule has 1 fully saturated rings. The summed E-state index contributed by atoms with van der Waals surface area (Å²) in [7, 11) is 0. The van der Waals surface area contributed by atoms with E-state index in [1.54, 1.807) is 0 Å². The first-order valence-corrected chi connectivity index (χ1v) is 9.21. The molecule has 28 heavy (non-hydrogen) atoms. The Morgan fingerprint density at radius 2 is 1.96 bits per heavy atom. The minimum absolute atomic E-state index is 0.0751. The summed E-state index contributed by atoms with van der Waals surface area (Å²) in [6.45, 7) is 8.42. The molecule has 150 valence electrons. The van der Waals surface area contributed by atoms with E-state index in [1.165, 1.54) is 18.3 Å². The third kappa shape index (κ3) is 5.68. The van der Waals surface area contributed by atoms with Gasteiger partial charge in [0.1, 0.15) is 11.6 Å². The van der Waals surface area contributed by atoms with Crippen molar-refractivity contribution in [2.75, 3.05) is 5.32 Å². The molecule has 1 heterocycles. The number of hydrogen-bond acceptors (Lipinski definition) is 6. The highest BCUT2D eigenvalue weighted by Gasteiger charge is 2.37. The van der Waals surface area contributed by atoms with Gasteiger partial charge in [0.2, 0.25) is 0 Å². The van der Waals surface area contributed by atoms with Gasteiger partial charge >= 0.3 is 0 Å². The molecule has 0 radical (unpaired) electrons. The summed E-state index contributed by atoms with van der Waals surface area (Å²) in [5, 5.41) is 29.6. The second kappa shape index (κ2) is 8.17. The highest BCUT2D eigenvalue weighted by atomic mass is 35.5. The maximum absolute atomic E-state index is 12.4. The van der Waals surface area contributed by atoms with Gasteiger partial charge in [-0.15, -0.1) is 0 Å². The summed E-state index contributed by atoms with van der Waals surface area (Å²) in [5.41, 5.74) is -0.445. The molecular formula is C19H24ClN5O3. The van der Waals surface area contributed by atoms with Crippen LogP contribution >= 0.6 is 11.6 Å². The number of halogens is 1. The summed E-state index contributed by atoms with van der Waals surface area (Å²) >= 11 is 5.99. The van der Waals surface area contributed by atoms with Crippen molar-refractivity contribution in [1.29, 1.82) is 5.26 Å².